The van der Waals surface area contributed by atoms with Crippen molar-refractivity contribution in [2.24, 2.45) is 5.73 Å². The standard InChI is InChI=1S/C12H12F2N2/c1-7-4-9(2-3-15)16-12-10(7)5-8(13)6-11(12)14/h4-6H,2-3,15H2,1H3. The van der Waals surface area contributed by atoms with Gasteiger partial charge in [0.05, 0.1) is 0 Å². The molecule has 0 saturated carbocycles. The molecule has 1 heterocycles. The molecule has 0 fully saturated rings. The second kappa shape index (κ2) is 4.14. The first-order valence-corrected chi connectivity index (χ1v) is 5.07. The maximum absolute atomic E-state index is 13.5. The third kappa shape index (κ3) is 1.88. The van der Waals surface area contributed by atoms with Gasteiger partial charge >= 0.3 is 0 Å². The maximum Gasteiger partial charge on any atom is 0.152 e. The minimum Gasteiger partial charge on any atom is -0.330 e. The van der Waals surface area contributed by atoms with Crippen LogP contribution < -0.4 is 5.73 Å². The van der Waals surface area contributed by atoms with E-state index in [1.165, 1.54) is 6.07 Å². The Hall–Kier alpha value is -1.55. The number of fused-ring (bicyclic) bond motifs is 1. The number of nitrogens with zero attached hydrogens (tertiary/aromatic N) is 1. The predicted molar refractivity (Wildman–Crippen MR) is 59.2 cm³/mol. The van der Waals surface area contributed by atoms with Crippen LogP contribution >= 0.6 is 0 Å². The largest absolute Gasteiger partial charge is 0.330 e. The van der Waals surface area contributed by atoms with Crippen molar-refractivity contribution in [2.45, 2.75) is 13.3 Å². The Kier molecular flexibility index (Phi) is 2.83. The van der Waals surface area contributed by atoms with Gasteiger partial charge < -0.3 is 5.73 Å². The molecule has 0 atom stereocenters. The lowest BCUT2D eigenvalue weighted by Gasteiger charge is -2.06. The molecule has 2 N–H and O–H groups in total. The molecule has 0 spiro atoms. The Morgan fingerprint density at radius 1 is 1.25 bits per heavy atom. The van der Waals surface area contributed by atoms with Gasteiger partial charge in [-0.2, -0.15) is 0 Å². The zero-order valence-corrected chi connectivity index (χ0v) is 8.93. The average molecular weight is 222 g/mol. The highest BCUT2D eigenvalue weighted by Crippen LogP contribution is 2.22. The summed E-state index contributed by atoms with van der Waals surface area (Å²) in [5, 5.41) is 0.512. The molecule has 2 rings (SSSR count). The number of benzene rings is 1. The van der Waals surface area contributed by atoms with Crippen LogP contribution in [0.2, 0.25) is 0 Å². The molecule has 1 aromatic heterocycles. The van der Waals surface area contributed by atoms with Gasteiger partial charge in [-0.25, -0.2) is 13.8 Å². The Bertz CT molecular complexity index is 538. The Labute approximate surface area is 92.1 Å². The monoisotopic (exact) mass is 222 g/mol. The first-order chi connectivity index (χ1) is 7.61. The van der Waals surface area contributed by atoms with Crippen molar-refractivity contribution in [3.63, 3.8) is 0 Å². The number of rotatable bonds is 2. The van der Waals surface area contributed by atoms with E-state index in [2.05, 4.69) is 4.98 Å². The van der Waals surface area contributed by atoms with Crippen molar-refractivity contribution in [3.05, 3.63) is 41.1 Å². The molecule has 0 radical (unpaired) electrons. The summed E-state index contributed by atoms with van der Waals surface area (Å²) in [6, 6.07) is 3.96. The molecule has 2 nitrogen and oxygen atoms in total. The van der Waals surface area contributed by atoms with E-state index in [1.807, 2.05) is 13.0 Å². The fraction of sp³-hybridized carbons (Fsp3) is 0.250. The molecule has 16 heavy (non-hydrogen) atoms. The van der Waals surface area contributed by atoms with Crippen LogP contribution in [0.3, 0.4) is 0 Å². The second-order valence-electron chi connectivity index (χ2n) is 3.75. The van der Waals surface area contributed by atoms with E-state index in [4.69, 9.17) is 5.73 Å². The van der Waals surface area contributed by atoms with Crippen LogP contribution in [-0.2, 0) is 6.42 Å². The quantitative estimate of drug-likeness (QED) is 0.846. The van der Waals surface area contributed by atoms with E-state index in [-0.39, 0.29) is 5.52 Å². The van der Waals surface area contributed by atoms with Gasteiger partial charge in [0.15, 0.2) is 5.82 Å². The summed E-state index contributed by atoms with van der Waals surface area (Å²) < 4.78 is 26.6. The summed E-state index contributed by atoms with van der Waals surface area (Å²) >= 11 is 0. The van der Waals surface area contributed by atoms with E-state index in [9.17, 15) is 8.78 Å². The summed E-state index contributed by atoms with van der Waals surface area (Å²) in [5.41, 5.74) is 7.18. The van der Waals surface area contributed by atoms with Crippen molar-refractivity contribution in [1.82, 2.24) is 4.98 Å². The molecule has 0 unspecified atom stereocenters. The van der Waals surface area contributed by atoms with Crippen molar-refractivity contribution < 1.29 is 8.78 Å². The molecule has 2 aromatic rings. The number of aryl methyl sites for hydroxylation is 1. The lowest BCUT2D eigenvalue weighted by atomic mass is 10.1. The van der Waals surface area contributed by atoms with Gasteiger partial charge in [-0.15, -0.1) is 0 Å². The van der Waals surface area contributed by atoms with Crippen molar-refractivity contribution in [3.8, 4) is 0 Å². The number of halogens is 2. The average Bonchev–Trinajstić information content (AvgIpc) is 2.20. The summed E-state index contributed by atoms with van der Waals surface area (Å²) in [5.74, 6) is -1.21. The topological polar surface area (TPSA) is 38.9 Å². The van der Waals surface area contributed by atoms with Crippen molar-refractivity contribution in [2.75, 3.05) is 6.54 Å². The van der Waals surface area contributed by atoms with Gasteiger partial charge in [-0.1, -0.05) is 0 Å². The predicted octanol–water partition coefficient (Wildman–Crippen LogP) is 2.32. The normalized spacial score (nSPS) is 11.0. The number of aromatic nitrogens is 1. The molecule has 0 bridgehead atoms. The molecule has 0 amide bonds. The Morgan fingerprint density at radius 3 is 2.69 bits per heavy atom. The van der Waals surface area contributed by atoms with E-state index >= 15 is 0 Å². The minimum atomic E-state index is -0.628. The van der Waals surface area contributed by atoms with E-state index in [1.54, 1.807) is 0 Å². The molecule has 1 aromatic carbocycles. The summed E-state index contributed by atoms with van der Waals surface area (Å²) in [6.45, 7) is 2.27. The number of hydrogen-bond donors (Lipinski definition) is 1. The molecule has 0 aliphatic rings. The van der Waals surface area contributed by atoms with Crippen LogP contribution in [0.15, 0.2) is 18.2 Å². The molecule has 0 saturated heterocycles. The van der Waals surface area contributed by atoms with Gasteiger partial charge in [0.1, 0.15) is 11.3 Å². The highest BCUT2D eigenvalue weighted by molar-refractivity contribution is 5.82. The molecular weight excluding hydrogens is 210 g/mol. The van der Waals surface area contributed by atoms with Crippen molar-refractivity contribution in [1.29, 1.82) is 0 Å². The first kappa shape index (κ1) is 11.0. The SMILES string of the molecule is Cc1cc(CCN)nc2c(F)cc(F)cc12. The highest BCUT2D eigenvalue weighted by Gasteiger charge is 2.09. The van der Waals surface area contributed by atoms with Crippen LogP contribution in [0.25, 0.3) is 10.9 Å². The second-order valence-corrected chi connectivity index (χ2v) is 3.75. The van der Waals surface area contributed by atoms with Crippen LogP contribution in [0.4, 0.5) is 8.78 Å². The van der Waals surface area contributed by atoms with Crippen molar-refractivity contribution >= 4 is 10.9 Å². The fourth-order valence-corrected chi connectivity index (χ4v) is 1.76. The summed E-state index contributed by atoms with van der Waals surface area (Å²) in [6.07, 6.45) is 0.591. The Morgan fingerprint density at radius 2 is 2.00 bits per heavy atom. The van der Waals surface area contributed by atoms with E-state index in [0.717, 1.165) is 17.3 Å². The van der Waals surface area contributed by atoms with Crippen LogP contribution in [0, 0.1) is 18.6 Å². The third-order valence-corrected chi connectivity index (χ3v) is 2.49. The zero-order valence-electron chi connectivity index (χ0n) is 8.93. The van der Waals surface area contributed by atoms with E-state index in [0.29, 0.717) is 18.4 Å². The van der Waals surface area contributed by atoms with Gasteiger partial charge in [0.2, 0.25) is 0 Å². The lowest BCUT2D eigenvalue weighted by Crippen LogP contribution is -2.05. The third-order valence-electron chi connectivity index (χ3n) is 2.49. The van der Waals surface area contributed by atoms with Gasteiger partial charge in [0.25, 0.3) is 0 Å². The minimum absolute atomic E-state index is 0.213. The van der Waals surface area contributed by atoms with Crippen LogP contribution in [0.1, 0.15) is 11.3 Å². The first-order valence-electron chi connectivity index (χ1n) is 5.07. The van der Waals surface area contributed by atoms with Gasteiger partial charge in [-0.05, 0) is 31.2 Å². The number of nitrogens with two attached hydrogens (primary N) is 1. The maximum atomic E-state index is 13.5. The van der Waals surface area contributed by atoms with Gasteiger partial charge in [0, 0.05) is 23.6 Å². The molecule has 4 heteroatoms. The molecular formula is C12H12F2N2. The Balaban J connectivity index is 2.71. The fourth-order valence-electron chi connectivity index (χ4n) is 1.76. The van der Waals surface area contributed by atoms with E-state index < -0.39 is 11.6 Å². The van der Waals surface area contributed by atoms with Crippen LogP contribution in [0.5, 0.6) is 0 Å². The molecule has 84 valence electrons. The summed E-state index contributed by atoms with van der Waals surface area (Å²) in [7, 11) is 0. The number of pyridine rings is 1. The zero-order chi connectivity index (χ0) is 11.7. The van der Waals surface area contributed by atoms with Crippen LogP contribution in [-0.4, -0.2) is 11.5 Å². The van der Waals surface area contributed by atoms with Gasteiger partial charge in [-0.3, -0.25) is 0 Å². The highest BCUT2D eigenvalue weighted by atomic mass is 19.1. The smallest absolute Gasteiger partial charge is 0.152 e. The summed E-state index contributed by atoms with van der Waals surface area (Å²) in [4.78, 5) is 4.14. The molecule has 0 aliphatic carbocycles. The lowest BCUT2D eigenvalue weighted by molar-refractivity contribution is 0.590. The number of hydrogen-bond acceptors (Lipinski definition) is 2. The molecule has 0 aliphatic heterocycles.